The molecular weight excluding hydrogens is 578 g/mol. The van der Waals surface area contributed by atoms with Gasteiger partial charge in [-0.25, -0.2) is 5.43 Å². The second kappa shape index (κ2) is 11.6. The van der Waals surface area contributed by atoms with E-state index >= 15 is 0 Å². The van der Waals surface area contributed by atoms with Gasteiger partial charge in [-0.3, -0.25) is 0 Å². The largest absolute Gasteiger partial charge is 0.507 e. The second-order valence-corrected chi connectivity index (χ2v) is 8.83. The Bertz CT molecular complexity index is 1140. The molecule has 0 amide bonds. The minimum atomic E-state index is 0. The number of hydrazone groups is 1. The number of morpholine rings is 1. The normalized spacial score (nSPS) is 13.6. The van der Waals surface area contributed by atoms with Crippen LogP contribution in [0.3, 0.4) is 0 Å². The molecule has 1 saturated heterocycles. The first-order chi connectivity index (χ1) is 15.5. The number of aryl methyl sites for hydroxylation is 1. The van der Waals surface area contributed by atoms with Crippen LogP contribution in [0, 0.1) is 6.92 Å². The molecule has 1 aromatic heterocycles. The third-order valence-electron chi connectivity index (χ3n) is 4.65. The lowest BCUT2D eigenvalue weighted by molar-refractivity contribution is 0.122. The molecule has 3 N–H and O–H groups in total. The number of nitrogens with one attached hydrogen (secondary N) is 2. The summed E-state index contributed by atoms with van der Waals surface area (Å²) in [5, 5.41) is 17.4. The maximum atomic E-state index is 9.99. The van der Waals surface area contributed by atoms with Crippen molar-refractivity contribution in [3.05, 3.63) is 56.5 Å². The van der Waals surface area contributed by atoms with E-state index in [4.69, 9.17) is 4.74 Å². The van der Waals surface area contributed by atoms with Crippen molar-refractivity contribution in [2.24, 2.45) is 5.10 Å². The molecule has 2 aromatic carbocycles. The number of nitrogens with zero attached hydrogens (tertiary/aromatic N) is 5. The number of anilines is 4. The molecule has 0 atom stereocenters. The van der Waals surface area contributed by atoms with Gasteiger partial charge in [0.15, 0.2) is 0 Å². The van der Waals surface area contributed by atoms with Gasteiger partial charge in [-0.15, -0.1) is 12.4 Å². The van der Waals surface area contributed by atoms with Crippen LogP contribution in [0.5, 0.6) is 5.75 Å². The summed E-state index contributed by atoms with van der Waals surface area (Å²) < 4.78 is 7.18. The Hall–Kier alpha value is -2.47. The number of aromatic hydroxyl groups is 1. The first kappa shape index (κ1) is 25.2. The standard InChI is InChI=1S/C21H21Br2N7O2.ClH/c1-13-2-4-17(16(23)10-13)25-19-26-20(28-21(27-19)30-6-8-32-9-7-30)29-24-12-14-11-15(22)3-5-18(14)31;/h2-5,10-12,31H,6-9H2,1H3,(H2,25,26,27,28,29);1H. The van der Waals surface area contributed by atoms with Gasteiger partial charge < -0.3 is 20.1 Å². The zero-order chi connectivity index (χ0) is 22.5. The lowest BCUT2D eigenvalue weighted by atomic mass is 10.2. The van der Waals surface area contributed by atoms with Crippen LogP contribution >= 0.6 is 44.3 Å². The first-order valence-corrected chi connectivity index (χ1v) is 11.5. The smallest absolute Gasteiger partial charge is 0.250 e. The van der Waals surface area contributed by atoms with Crippen LogP contribution in [0.4, 0.5) is 23.5 Å². The van der Waals surface area contributed by atoms with Gasteiger partial charge in [-0.1, -0.05) is 22.0 Å². The minimum absolute atomic E-state index is 0. The molecule has 0 spiro atoms. The number of halogens is 3. The highest BCUT2D eigenvalue weighted by molar-refractivity contribution is 9.10. The SMILES string of the molecule is Cc1ccc(Nc2nc(NN=Cc3cc(Br)ccc3O)nc(N3CCOCC3)n2)c(Br)c1.Cl. The molecule has 0 unspecified atom stereocenters. The molecule has 2 heterocycles. The van der Waals surface area contributed by atoms with E-state index in [0.29, 0.717) is 43.8 Å². The van der Waals surface area contributed by atoms with E-state index in [0.717, 1.165) is 20.2 Å². The fraction of sp³-hybridized carbons (Fsp3) is 0.238. The molecule has 3 aromatic rings. The summed E-state index contributed by atoms with van der Waals surface area (Å²) >= 11 is 6.96. The molecule has 0 aliphatic carbocycles. The van der Waals surface area contributed by atoms with Crippen molar-refractivity contribution in [2.75, 3.05) is 41.9 Å². The predicted molar refractivity (Wildman–Crippen MR) is 139 cm³/mol. The molecule has 1 fully saturated rings. The van der Waals surface area contributed by atoms with Crippen molar-refractivity contribution >= 4 is 74.0 Å². The van der Waals surface area contributed by atoms with Crippen molar-refractivity contribution in [1.29, 1.82) is 0 Å². The number of aromatic nitrogens is 3. The zero-order valence-electron chi connectivity index (χ0n) is 17.6. The van der Waals surface area contributed by atoms with Crippen LogP contribution < -0.4 is 15.6 Å². The number of ether oxygens (including phenoxy) is 1. The average Bonchev–Trinajstić information content (AvgIpc) is 2.78. The first-order valence-electron chi connectivity index (χ1n) is 9.87. The third kappa shape index (κ3) is 6.76. The molecular formula is C21H22Br2ClN7O2. The summed E-state index contributed by atoms with van der Waals surface area (Å²) in [5.74, 6) is 1.30. The Balaban J connectivity index is 0.00000306. The summed E-state index contributed by atoms with van der Waals surface area (Å²) in [5.41, 5.74) is 5.37. The summed E-state index contributed by atoms with van der Waals surface area (Å²) in [7, 11) is 0. The molecule has 0 radical (unpaired) electrons. The van der Waals surface area contributed by atoms with Crippen molar-refractivity contribution in [1.82, 2.24) is 15.0 Å². The summed E-state index contributed by atoms with van der Waals surface area (Å²) in [6, 6.07) is 11.1. The summed E-state index contributed by atoms with van der Waals surface area (Å²) in [4.78, 5) is 15.6. The number of phenols is 1. The van der Waals surface area contributed by atoms with Crippen LogP contribution in [0.1, 0.15) is 11.1 Å². The van der Waals surface area contributed by atoms with E-state index in [2.05, 4.69) is 62.7 Å². The topological polar surface area (TPSA) is 108 Å². The van der Waals surface area contributed by atoms with Crippen molar-refractivity contribution < 1.29 is 9.84 Å². The lowest BCUT2D eigenvalue weighted by Gasteiger charge is -2.27. The Morgan fingerprint density at radius 3 is 2.58 bits per heavy atom. The van der Waals surface area contributed by atoms with Crippen LogP contribution in [0.25, 0.3) is 0 Å². The van der Waals surface area contributed by atoms with Crippen molar-refractivity contribution in [3.8, 4) is 5.75 Å². The maximum absolute atomic E-state index is 9.99. The number of hydrogen-bond donors (Lipinski definition) is 3. The van der Waals surface area contributed by atoms with Gasteiger partial charge in [0, 0.05) is 27.6 Å². The second-order valence-electron chi connectivity index (χ2n) is 7.06. The van der Waals surface area contributed by atoms with Crippen LogP contribution in [-0.4, -0.2) is 52.6 Å². The quantitative estimate of drug-likeness (QED) is 0.273. The van der Waals surface area contributed by atoms with E-state index < -0.39 is 0 Å². The molecule has 9 nitrogen and oxygen atoms in total. The van der Waals surface area contributed by atoms with Gasteiger partial charge >= 0.3 is 0 Å². The molecule has 174 valence electrons. The molecule has 0 saturated carbocycles. The van der Waals surface area contributed by atoms with E-state index in [1.54, 1.807) is 18.2 Å². The van der Waals surface area contributed by atoms with Gasteiger partial charge in [-0.05, 0) is 58.7 Å². The van der Waals surface area contributed by atoms with E-state index in [1.807, 2.05) is 30.0 Å². The number of rotatable bonds is 6. The number of benzene rings is 2. The fourth-order valence-electron chi connectivity index (χ4n) is 3.01. The van der Waals surface area contributed by atoms with Crippen LogP contribution in [0.15, 0.2) is 50.4 Å². The zero-order valence-corrected chi connectivity index (χ0v) is 21.6. The highest BCUT2D eigenvalue weighted by Crippen LogP contribution is 2.27. The number of phenolic OH excluding ortho intramolecular Hbond substituents is 1. The van der Waals surface area contributed by atoms with Crippen LogP contribution in [0.2, 0.25) is 0 Å². The van der Waals surface area contributed by atoms with Crippen molar-refractivity contribution in [3.63, 3.8) is 0 Å². The maximum Gasteiger partial charge on any atom is 0.250 e. The molecule has 1 aliphatic heterocycles. The van der Waals surface area contributed by atoms with Crippen LogP contribution in [-0.2, 0) is 4.74 Å². The van der Waals surface area contributed by atoms with E-state index in [1.165, 1.54) is 6.21 Å². The Kier molecular flexibility index (Phi) is 8.84. The third-order valence-corrected chi connectivity index (χ3v) is 5.80. The average molecular weight is 600 g/mol. The molecule has 4 rings (SSSR count). The lowest BCUT2D eigenvalue weighted by Crippen LogP contribution is -2.37. The predicted octanol–water partition coefficient (Wildman–Crippen LogP) is 4.86. The molecule has 0 bridgehead atoms. The number of hydrogen-bond acceptors (Lipinski definition) is 9. The highest BCUT2D eigenvalue weighted by Gasteiger charge is 2.17. The Labute approximate surface area is 214 Å². The van der Waals surface area contributed by atoms with Gasteiger partial charge in [-0.2, -0.15) is 20.1 Å². The Morgan fingerprint density at radius 2 is 1.82 bits per heavy atom. The minimum Gasteiger partial charge on any atom is -0.507 e. The van der Waals surface area contributed by atoms with E-state index in [9.17, 15) is 5.11 Å². The summed E-state index contributed by atoms with van der Waals surface area (Å²) in [6.45, 7) is 4.62. The van der Waals surface area contributed by atoms with Gasteiger partial charge in [0.25, 0.3) is 0 Å². The van der Waals surface area contributed by atoms with Gasteiger partial charge in [0.05, 0.1) is 25.1 Å². The molecule has 1 aliphatic rings. The molecule has 33 heavy (non-hydrogen) atoms. The van der Waals surface area contributed by atoms with Gasteiger partial charge in [0.1, 0.15) is 5.75 Å². The van der Waals surface area contributed by atoms with Gasteiger partial charge in [0.2, 0.25) is 17.8 Å². The monoisotopic (exact) mass is 597 g/mol. The van der Waals surface area contributed by atoms with Crippen molar-refractivity contribution in [2.45, 2.75) is 6.92 Å². The van der Waals surface area contributed by atoms with E-state index in [-0.39, 0.29) is 24.1 Å². The summed E-state index contributed by atoms with van der Waals surface area (Å²) in [6.07, 6.45) is 1.50. The fourth-order valence-corrected chi connectivity index (χ4v) is 3.98. The highest BCUT2D eigenvalue weighted by atomic mass is 79.9. The molecule has 12 heteroatoms. The Morgan fingerprint density at radius 1 is 1.06 bits per heavy atom.